The molecule has 0 bridgehead atoms. The normalized spacial score (nSPS) is 12.0. The summed E-state index contributed by atoms with van der Waals surface area (Å²) in [6.45, 7) is 0. The summed E-state index contributed by atoms with van der Waals surface area (Å²) in [4.78, 5) is 29.0. The quantitative estimate of drug-likeness (QED) is 0.435. The van der Waals surface area contributed by atoms with Gasteiger partial charge in [-0.25, -0.2) is 4.79 Å². The van der Waals surface area contributed by atoms with E-state index in [4.69, 9.17) is 10.2 Å². The molecule has 2 N–H and O–H groups in total. The molecule has 0 rings (SSSR count). The molecule has 0 aliphatic heterocycles. The van der Waals surface area contributed by atoms with Crippen LogP contribution in [0.2, 0.25) is 0 Å². The van der Waals surface area contributed by atoms with Crippen LogP contribution >= 0.6 is 0 Å². The highest BCUT2D eigenvalue weighted by Gasteiger charge is 2.29. The van der Waals surface area contributed by atoms with E-state index in [9.17, 15) is 19.7 Å². The Morgan fingerprint density at radius 2 is 1.92 bits per heavy atom. The van der Waals surface area contributed by atoms with Crippen molar-refractivity contribution in [3.05, 3.63) is 10.1 Å². The zero-order valence-corrected chi connectivity index (χ0v) is 5.97. The lowest BCUT2D eigenvalue weighted by Crippen LogP contribution is -2.29. The molecule has 0 aromatic heterocycles. The first-order valence-electron chi connectivity index (χ1n) is 3.03. The van der Waals surface area contributed by atoms with Gasteiger partial charge in [-0.2, -0.15) is 0 Å². The van der Waals surface area contributed by atoms with Crippen LogP contribution in [0.5, 0.6) is 0 Å². The molecule has 0 heterocycles. The monoisotopic (exact) mass is 177 g/mol. The molecule has 0 saturated heterocycles. The van der Waals surface area contributed by atoms with Gasteiger partial charge in [-0.1, -0.05) is 0 Å². The number of carboxylic acids is 2. The van der Waals surface area contributed by atoms with E-state index in [0.717, 1.165) is 0 Å². The lowest BCUT2D eigenvalue weighted by Gasteiger charge is -2.00. The van der Waals surface area contributed by atoms with Gasteiger partial charge in [0.05, 0.1) is 6.42 Å². The molecule has 0 radical (unpaired) electrons. The van der Waals surface area contributed by atoms with Crippen molar-refractivity contribution in [1.29, 1.82) is 0 Å². The highest BCUT2D eigenvalue weighted by atomic mass is 16.6. The molecule has 12 heavy (non-hydrogen) atoms. The second-order valence-electron chi connectivity index (χ2n) is 2.07. The molecule has 68 valence electrons. The van der Waals surface area contributed by atoms with Crippen LogP contribution in [0.1, 0.15) is 12.8 Å². The summed E-state index contributed by atoms with van der Waals surface area (Å²) in [5.74, 6) is -2.86. The highest BCUT2D eigenvalue weighted by Crippen LogP contribution is 2.01. The fraction of sp³-hybridized carbons (Fsp3) is 0.600. The van der Waals surface area contributed by atoms with Gasteiger partial charge < -0.3 is 10.2 Å². The van der Waals surface area contributed by atoms with Crippen molar-refractivity contribution in [2.45, 2.75) is 18.9 Å². The number of hydrogen-bond donors (Lipinski definition) is 2. The minimum absolute atomic E-state index is 0.488. The van der Waals surface area contributed by atoms with Crippen molar-refractivity contribution in [3.63, 3.8) is 0 Å². The van der Waals surface area contributed by atoms with Crippen LogP contribution in [-0.4, -0.2) is 33.1 Å². The number of nitro groups is 1. The summed E-state index contributed by atoms with van der Waals surface area (Å²) in [7, 11) is 0. The topological polar surface area (TPSA) is 118 Å². The average molecular weight is 177 g/mol. The zero-order chi connectivity index (χ0) is 9.72. The molecular formula is C5H7NO6. The van der Waals surface area contributed by atoms with Gasteiger partial charge in [-0.3, -0.25) is 14.9 Å². The van der Waals surface area contributed by atoms with Crippen LogP contribution < -0.4 is 0 Å². The molecule has 0 spiro atoms. The molecule has 0 aromatic carbocycles. The molecular weight excluding hydrogens is 170 g/mol. The summed E-state index contributed by atoms with van der Waals surface area (Å²) in [5, 5.41) is 26.3. The molecule has 1 atom stereocenters. The van der Waals surface area contributed by atoms with Crippen LogP contribution in [0.15, 0.2) is 0 Å². The van der Waals surface area contributed by atoms with E-state index in [2.05, 4.69) is 0 Å². The van der Waals surface area contributed by atoms with Crippen molar-refractivity contribution >= 4 is 11.9 Å². The number of rotatable bonds is 5. The standard InChI is InChI=1S/C5H7NO6/c7-4(8)2-1-3(5(9)10)6(11)12/h3H,1-2H2,(H,7,8)(H,9,10). The Balaban J connectivity index is 4.06. The van der Waals surface area contributed by atoms with Gasteiger partial charge in [-0.15, -0.1) is 0 Å². The second kappa shape index (κ2) is 4.27. The molecule has 7 heteroatoms. The summed E-state index contributed by atoms with van der Waals surface area (Å²) >= 11 is 0. The number of nitrogens with zero attached hydrogens (tertiary/aromatic N) is 1. The Kier molecular flexibility index (Phi) is 3.68. The fourth-order valence-corrected chi connectivity index (χ4v) is 0.579. The summed E-state index contributed by atoms with van der Waals surface area (Å²) in [6.07, 6.45) is -1.00. The van der Waals surface area contributed by atoms with Crippen molar-refractivity contribution in [3.8, 4) is 0 Å². The van der Waals surface area contributed by atoms with Crippen LogP contribution in [-0.2, 0) is 9.59 Å². The third kappa shape index (κ3) is 3.49. The SMILES string of the molecule is O=C(O)CCC(C(=O)O)[N+](=O)[O-]. The molecule has 7 nitrogen and oxygen atoms in total. The van der Waals surface area contributed by atoms with Gasteiger partial charge in [0.1, 0.15) is 0 Å². The van der Waals surface area contributed by atoms with E-state index in [-0.39, 0.29) is 0 Å². The molecule has 1 unspecified atom stereocenters. The third-order valence-corrected chi connectivity index (χ3v) is 1.17. The largest absolute Gasteiger partial charge is 0.481 e. The Bertz CT molecular complexity index is 198. The maximum atomic E-state index is 10.1. The van der Waals surface area contributed by atoms with E-state index in [1.165, 1.54) is 0 Å². The number of carboxylic acid groups (broad SMARTS) is 2. The van der Waals surface area contributed by atoms with Crippen LogP contribution in [0.25, 0.3) is 0 Å². The maximum absolute atomic E-state index is 10.1. The van der Waals surface area contributed by atoms with Gasteiger partial charge in [0.25, 0.3) is 0 Å². The number of hydrogen-bond acceptors (Lipinski definition) is 4. The lowest BCUT2D eigenvalue weighted by atomic mass is 10.2. The number of aliphatic carboxylic acids is 2. The first-order chi connectivity index (χ1) is 5.45. The molecule has 0 aliphatic rings. The fourth-order valence-electron chi connectivity index (χ4n) is 0.579. The van der Waals surface area contributed by atoms with E-state index in [0.29, 0.717) is 0 Å². The maximum Gasteiger partial charge on any atom is 0.379 e. The Morgan fingerprint density at radius 3 is 2.17 bits per heavy atom. The first kappa shape index (κ1) is 10.3. The predicted molar refractivity (Wildman–Crippen MR) is 35.3 cm³/mol. The Morgan fingerprint density at radius 1 is 1.42 bits per heavy atom. The number of carbonyl (C=O) groups is 2. The smallest absolute Gasteiger partial charge is 0.379 e. The van der Waals surface area contributed by atoms with Gasteiger partial charge in [0.15, 0.2) is 0 Å². The van der Waals surface area contributed by atoms with Gasteiger partial charge >= 0.3 is 18.0 Å². The summed E-state index contributed by atoms with van der Waals surface area (Å²) in [5.41, 5.74) is 0. The van der Waals surface area contributed by atoms with Gasteiger partial charge in [-0.05, 0) is 0 Å². The molecule has 0 aliphatic carbocycles. The van der Waals surface area contributed by atoms with E-state index < -0.39 is 35.7 Å². The molecule has 0 amide bonds. The van der Waals surface area contributed by atoms with Crippen LogP contribution in [0, 0.1) is 10.1 Å². The third-order valence-electron chi connectivity index (χ3n) is 1.17. The molecule has 0 saturated carbocycles. The van der Waals surface area contributed by atoms with E-state index in [1.54, 1.807) is 0 Å². The van der Waals surface area contributed by atoms with Crippen molar-refractivity contribution in [2.24, 2.45) is 0 Å². The van der Waals surface area contributed by atoms with E-state index in [1.807, 2.05) is 0 Å². The van der Waals surface area contributed by atoms with Crippen molar-refractivity contribution < 1.29 is 24.7 Å². The van der Waals surface area contributed by atoms with Gasteiger partial charge in [0.2, 0.25) is 0 Å². The van der Waals surface area contributed by atoms with E-state index >= 15 is 0 Å². The zero-order valence-electron chi connectivity index (χ0n) is 5.97. The predicted octanol–water partition coefficient (Wildman–Crippen LogP) is -0.419. The van der Waals surface area contributed by atoms with Gasteiger partial charge in [0, 0.05) is 11.3 Å². The Labute approximate surface area is 66.8 Å². The lowest BCUT2D eigenvalue weighted by molar-refractivity contribution is -0.510. The highest BCUT2D eigenvalue weighted by molar-refractivity contribution is 5.73. The van der Waals surface area contributed by atoms with Crippen molar-refractivity contribution in [2.75, 3.05) is 0 Å². The summed E-state index contributed by atoms with van der Waals surface area (Å²) in [6, 6.07) is -1.82. The second-order valence-corrected chi connectivity index (χ2v) is 2.07. The minimum atomic E-state index is -1.82. The summed E-state index contributed by atoms with van der Waals surface area (Å²) < 4.78 is 0. The molecule has 0 aromatic rings. The molecule has 0 fully saturated rings. The average Bonchev–Trinajstić information content (AvgIpc) is 1.84. The first-order valence-corrected chi connectivity index (χ1v) is 3.03. The Hall–Kier alpha value is -1.66. The minimum Gasteiger partial charge on any atom is -0.481 e. The van der Waals surface area contributed by atoms with Crippen LogP contribution in [0.4, 0.5) is 0 Å². The van der Waals surface area contributed by atoms with Crippen molar-refractivity contribution in [1.82, 2.24) is 0 Å². The van der Waals surface area contributed by atoms with Crippen LogP contribution in [0.3, 0.4) is 0 Å².